The van der Waals surface area contributed by atoms with E-state index in [-0.39, 0.29) is 0 Å². The Morgan fingerprint density at radius 1 is 1.71 bits per heavy atom. The van der Waals surface area contributed by atoms with E-state index >= 15 is 0 Å². The Labute approximate surface area is 55.6 Å². The molecule has 0 rings (SSSR count). The van der Waals surface area contributed by atoms with Crippen molar-refractivity contribution in [2.24, 2.45) is 0 Å². The molecule has 0 bridgehead atoms. The highest BCUT2D eigenvalue weighted by molar-refractivity contribution is 9.00. The monoisotopic (exact) mass is 156 g/mol. The van der Waals surface area contributed by atoms with Crippen LogP contribution in [0.15, 0.2) is 0 Å². The van der Waals surface area contributed by atoms with Crippen LogP contribution < -0.4 is 0 Å². The number of rotatable bonds is 2. The molecule has 0 saturated heterocycles. The van der Waals surface area contributed by atoms with Crippen LogP contribution in [0.5, 0.6) is 0 Å². The summed E-state index contributed by atoms with van der Waals surface area (Å²) in [4.78, 5) is 0. The molecule has 0 fully saturated rings. The van der Waals surface area contributed by atoms with Gasteiger partial charge in [0.05, 0.1) is 20.9 Å². The summed E-state index contributed by atoms with van der Waals surface area (Å²) in [5.41, 5.74) is 0. The normalized spacial score (nSPS) is 15.0. The molecule has 1 atom stereocenters. The van der Waals surface area contributed by atoms with Crippen molar-refractivity contribution in [3.05, 3.63) is 0 Å². The Morgan fingerprint density at radius 3 is 2.14 bits per heavy atom. The smallest absolute Gasteiger partial charge is 0.106 e. The number of thiol groups is 1. The van der Waals surface area contributed by atoms with E-state index in [1.54, 1.807) is 0 Å². The minimum absolute atomic E-state index is 0.415. The van der Waals surface area contributed by atoms with Gasteiger partial charge in [0.1, 0.15) is 10.8 Å². The Morgan fingerprint density at radius 2 is 2.14 bits per heavy atom. The SMILES string of the molecule is CC(C)S[S+]([O-])S. The predicted molar refractivity (Wildman–Crippen MR) is 39.9 cm³/mol. The van der Waals surface area contributed by atoms with E-state index in [2.05, 4.69) is 11.7 Å². The van der Waals surface area contributed by atoms with Gasteiger partial charge in [-0.2, -0.15) is 0 Å². The Hall–Kier alpha value is 1.01. The maximum Gasteiger partial charge on any atom is 0.106 e. The molecular formula is C3H8OS3. The zero-order valence-electron chi connectivity index (χ0n) is 4.25. The third kappa shape index (κ3) is 7.01. The van der Waals surface area contributed by atoms with Crippen LogP contribution in [0.4, 0.5) is 0 Å². The third-order valence-corrected chi connectivity index (χ3v) is 3.25. The van der Waals surface area contributed by atoms with Crippen molar-refractivity contribution >= 4 is 31.7 Å². The molecule has 4 heteroatoms. The van der Waals surface area contributed by atoms with Gasteiger partial charge in [0.2, 0.25) is 0 Å². The highest BCUT2D eigenvalue weighted by Gasteiger charge is 2.04. The molecule has 0 N–H and O–H groups in total. The number of hydrogen-bond donors (Lipinski definition) is 1. The fourth-order valence-corrected chi connectivity index (χ4v) is 3.03. The summed E-state index contributed by atoms with van der Waals surface area (Å²) in [6, 6.07) is 0. The van der Waals surface area contributed by atoms with Crippen molar-refractivity contribution in [3.63, 3.8) is 0 Å². The summed E-state index contributed by atoms with van der Waals surface area (Å²) in [7, 11) is 0.361. The molecule has 0 aliphatic heterocycles. The fraction of sp³-hybridized carbons (Fsp3) is 1.00. The summed E-state index contributed by atoms with van der Waals surface area (Å²) in [6.07, 6.45) is 0. The van der Waals surface area contributed by atoms with Crippen molar-refractivity contribution in [1.29, 1.82) is 0 Å². The fourth-order valence-electron chi connectivity index (χ4n) is 0.165. The molecular weight excluding hydrogens is 148 g/mol. The second-order valence-corrected chi connectivity index (χ2v) is 6.15. The molecule has 0 aromatic carbocycles. The van der Waals surface area contributed by atoms with Crippen LogP contribution in [0.3, 0.4) is 0 Å². The van der Waals surface area contributed by atoms with Gasteiger partial charge in [0.25, 0.3) is 0 Å². The highest BCUT2D eigenvalue weighted by atomic mass is 33.5. The molecule has 0 aromatic rings. The molecule has 1 unspecified atom stereocenters. The average Bonchev–Trinajstić information content (AvgIpc) is 1.27. The maximum atomic E-state index is 10.2. The van der Waals surface area contributed by atoms with Crippen LogP contribution in [-0.2, 0) is 9.24 Å². The van der Waals surface area contributed by atoms with E-state index in [4.69, 9.17) is 0 Å². The minimum Gasteiger partial charge on any atom is -0.594 e. The Kier molecular flexibility index (Phi) is 4.52. The van der Waals surface area contributed by atoms with Crippen molar-refractivity contribution < 1.29 is 4.55 Å². The van der Waals surface area contributed by atoms with Crippen LogP contribution in [0, 0.1) is 0 Å². The molecule has 7 heavy (non-hydrogen) atoms. The first-order valence-corrected chi connectivity index (χ1v) is 5.50. The lowest BCUT2D eigenvalue weighted by Gasteiger charge is -1.99. The van der Waals surface area contributed by atoms with E-state index in [1.165, 1.54) is 10.8 Å². The summed E-state index contributed by atoms with van der Waals surface area (Å²) >= 11 is 3.67. The highest BCUT2D eigenvalue weighted by Crippen LogP contribution is 2.21. The van der Waals surface area contributed by atoms with Gasteiger partial charge < -0.3 is 4.55 Å². The largest absolute Gasteiger partial charge is 0.594 e. The molecule has 1 nitrogen and oxygen atoms in total. The average molecular weight is 156 g/mol. The first kappa shape index (κ1) is 8.01. The lowest BCUT2D eigenvalue weighted by atomic mass is 10.6. The van der Waals surface area contributed by atoms with E-state index < -0.39 is 9.24 Å². The quantitative estimate of drug-likeness (QED) is 0.373. The van der Waals surface area contributed by atoms with Gasteiger partial charge >= 0.3 is 0 Å². The van der Waals surface area contributed by atoms with Gasteiger partial charge in [-0.3, -0.25) is 0 Å². The van der Waals surface area contributed by atoms with Gasteiger partial charge in [0, 0.05) is 5.25 Å². The van der Waals surface area contributed by atoms with Crippen molar-refractivity contribution in [2.75, 3.05) is 0 Å². The molecule has 0 aliphatic carbocycles. The van der Waals surface area contributed by atoms with Gasteiger partial charge in [-0.25, -0.2) is 0 Å². The van der Waals surface area contributed by atoms with E-state index in [9.17, 15) is 4.55 Å². The maximum absolute atomic E-state index is 10.2. The Balaban J connectivity index is 2.95. The van der Waals surface area contributed by atoms with E-state index in [0.29, 0.717) is 5.25 Å². The molecule has 44 valence electrons. The van der Waals surface area contributed by atoms with E-state index in [0.717, 1.165) is 0 Å². The molecule has 0 spiro atoms. The molecule has 0 aliphatic rings. The molecule has 0 aromatic heterocycles. The zero-order valence-corrected chi connectivity index (χ0v) is 6.78. The van der Waals surface area contributed by atoms with Crippen LogP contribution in [-0.4, -0.2) is 9.80 Å². The van der Waals surface area contributed by atoms with Gasteiger partial charge in [-0.15, -0.1) is 0 Å². The topological polar surface area (TPSA) is 23.1 Å². The van der Waals surface area contributed by atoms with Crippen LogP contribution in [0.25, 0.3) is 0 Å². The summed E-state index contributed by atoms with van der Waals surface area (Å²) in [5.74, 6) is 0. The van der Waals surface area contributed by atoms with Gasteiger partial charge in [-0.05, 0) is 13.8 Å². The lowest BCUT2D eigenvalue weighted by Crippen LogP contribution is -1.90. The van der Waals surface area contributed by atoms with Crippen LogP contribution in [0.1, 0.15) is 13.8 Å². The standard InChI is InChI=1S/C3H8OS3/c1-3(2)6-7(4)5/h3H,1-2H3,(H,4,5). The van der Waals surface area contributed by atoms with Crippen LogP contribution in [0.2, 0.25) is 0 Å². The van der Waals surface area contributed by atoms with Gasteiger partial charge in [-0.1, -0.05) is 0 Å². The molecule has 0 amide bonds. The predicted octanol–water partition coefficient (Wildman–Crippen LogP) is 1.64. The first-order valence-electron chi connectivity index (χ1n) is 1.91. The second kappa shape index (κ2) is 3.95. The van der Waals surface area contributed by atoms with Gasteiger partial charge in [0.15, 0.2) is 0 Å². The van der Waals surface area contributed by atoms with E-state index in [1.807, 2.05) is 13.8 Å². The summed E-state index contributed by atoms with van der Waals surface area (Å²) in [5, 5.41) is 0.415. The Bertz CT molecular complexity index is 39.4. The molecule has 0 saturated carbocycles. The van der Waals surface area contributed by atoms with Crippen LogP contribution >= 0.6 is 22.5 Å². The lowest BCUT2D eigenvalue weighted by molar-refractivity contribution is 0.622. The summed E-state index contributed by atoms with van der Waals surface area (Å²) in [6.45, 7) is 3.97. The summed E-state index contributed by atoms with van der Waals surface area (Å²) < 4.78 is 10.2. The van der Waals surface area contributed by atoms with Crippen molar-refractivity contribution in [2.45, 2.75) is 19.1 Å². The zero-order chi connectivity index (χ0) is 5.86. The van der Waals surface area contributed by atoms with Crippen molar-refractivity contribution in [3.8, 4) is 0 Å². The van der Waals surface area contributed by atoms with Crippen molar-refractivity contribution in [1.82, 2.24) is 0 Å². The second-order valence-electron chi connectivity index (χ2n) is 1.36. The number of hydrogen-bond acceptors (Lipinski definition) is 3. The molecule has 0 heterocycles. The minimum atomic E-state index is -0.985. The molecule has 0 radical (unpaired) electrons. The first-order chi connectivity index (χ1) is 3.13. The third-order valence-electron chi connectivity index (χ3n) is 0.275.